The van der Waals surface area contributed by atoms with Crippen molar-refractivity contribution in [3.8, 4) is 11.5 Å². The number of amides is 1. The van der Waals surface area contributed by atoms with Gasteiger partial charge in [-0.25, -0.2) is 0 Å². The summed E-state index contributed by atoms with van der Waals surface area (Å²) in [5.74, 6) is 0.857. The monoisotopic (exact) mass is 329 g/mol. The molecule has 0 aliphatic heterocycles. The van der Waals surface area contributed by atoms with Crippen LogP contribution in [-0.4, -0.2) is 25.4 Å². The maximum absolute atomic E-state index is 11.7. The largest absolute Gasteiger partial charge is 0.497 e. The van der Waals surface area contributed by atoms with Gasteiger partial charge < -0.3 is 19.6 Å². The molecule has 1 heterocycles. The Morgan fingerprint density at radius 3 is 2.67 bits per heavy atom. The first-order valence-electron chi connectivity index (χ1n) is 7.37. The minimum Gasteiger partial charge on any atom is -0.497 e. The quantitative estimate of drug-likeness (QED) is 0.594. The van der Waals surface area contributed by atoms with Crippen molar-refractivity contribution < 1.29 is 23.5 Å². The van der Waals surface area contributed by atoms with Crippen LogP contribution >= 0.6 is 0 Å². The number of ketones is 1. The summed E-state index contributed by atoms with van der Waals surface area (Å²) in [5.41, 5.74) is 6.20. The van der Waals surface area contributed by atoms with Crippen molar-refractivity contribution in [3.05, 3.63) is 53.5 Å². The Balaban J connectivity index is 2.09. The lowest BCUT2D eigenvalue weighted by atomic mass is 10.1. The zero-order valence-corrected chi connectivity index (χ0v) is 13.6. The molecule has 0 saturated heterocycles. The lowest BCUT2D eigenvalue weighted by molar-refractivity contribution is -0.114. The fraction of sp³-hybridized carbons (Fsp3) is 0.222. The molecule has 0 radical (unpaired) electrons. The van der Waals surface area contributed by atoms with E-state index >= 15 is 0 Å². The van der Waals surface area contributed by atoms with E-state index in [4.69, 9.17) is 19.6 Å². The minimum atomic E-state index is -0.549. The van der Waals surface area contributed by atoms with E-state index in [2.05, 4.69) is 0 Å². The molecule has 0 unspecified atom stereocenters. The molecule has 1 aromatic heterocycles. The Labute approximate surface area is 139 Å². The first kappa shape index (κ1) is 17.3. The summed E-state index contributed by atoms with van der Waals surface area (Å²) in [6.45, 7) is 1.64. The normalized spacial score (nSPS) is 11.2. The van der Waals surface area contributed by atoms with Crippen molar-refractivity contribution >= 4 is 17.8 Å². The first-order chi connectivity index (χ1) is 11.5. The van der Waals surface area contributed by atoms with Crippen LogP contribution in [0.25, 0.3) is 6.08 Å². The molecule has 1 aromatic carbocycles. The van der Waals surface area contributed by atoms with E-state index < -0.39 is 5.91 Å². The molecule has 2 N–H and O–H groups in total. The van der Waals surface area contributed by atoms with E-state index in [0.717, 1.165) is 0 Å². The van der Waals surface area contributed by atoms with Crippen molar-refractivity contribution in [3.63, 3.8) is 0 Å². The van der Waals surface area contributed by atoms with Crippen LogP contribution in [0, 0.1) is 0 Å². The number of ether oxygens (including phenoxy) is 2. The number of nitrogens with two attached hydrogens (primary N) is 1. The smallest absolute Gasteiger partial charge is 0.244 e. The van der Waals surface area contributed by atoms with Gasteiger partial charge in [0.15, 0.2) is 5.78 Å². The van der Waals surface area contributed by atoms with E-state index in [1.807, 2.05) is 0 Å². The summed E-state index contributed by atoms with van der Waals surface area (Å²) in [4.78, 5) is 23.2. The van der Waals surface area contributed by atoms with E-state index in [1.54, 1.807) is 36.4 Å². The van der Waals surface area contributed by atoms with Crippen LogP contribution in [0.4, 0.5) is 0 Å². The molecule has 0 atom stereocenters. The highest BCUT2D eigenvalue weighted by Crippen LogP contribution is 2.25. The number of carbonyl (C=O) groups is 2. The molecule has 0 fully saturated rings. The zero-order valence-electron chi connectivity index (χ0n) is 13.6. The molecule has 6 heteroatoms. The topological polar surface area (TPSA) is 91.8 Å². The Hall–Kier alpha value is -3.02. The molecular formula is C18H19NO5. The molecule has 6 nitrogen and oxygen atoms in total. The van der Waals surface area contributed by atoms with Gasteiger partial charge in [0.05, 0.1) is 25.5 Å². The predicted molar refractivity (Wildman–Crippen MR) is 89.0 cm³/mol. The second-order valence-electron chi connectivity index (χ2n) is 5.07. The van der Waals surface area contributed by atoms with Gasteiger partial charge in [-0.1, -0.05) is 0 Å². The van der Waals surface area contributed by atoms with Crippen LogP contribution in [-0.2, 0) is 4.79 Å². The lowest BCUT2D eigenvalue weighted by Gasteiger charge is -2.12. The molecular weight excluding hydrogens is 310 g/mol. The number of carbonyl (C=O) groups excluding carboxylic acids is 2. The van der Waals surface area contributed by atoms with E-state index in [9.17, 15) is 9.59 Å². The number of methoxy groups -OCH3 is 1. The fourth-order valence-corrected chi connectivity index (χ4v) is 2.12. The summed E-state index contributed by atoms with van der Waals surface area (Å²) in [7, 11) is 1.53. The van der Waals surface area contributed by atoms with Crippen LogP contribution < -0.4 is 15.2 Å². The predicted octanol–water partition coefficient (Wildman–Crippen LogP) is 2.83. The van der Waals surface area contributed by atoms with Gasteiger partial charge in [-0.15, -0.1) is 0 Å². The average Bonchev–Trinajstić information content (AvgIpc) is 3.06. The van der Waals surface area contributed by atoms with Crippen molar-refractivity contribution in [2.24, 2.45) is 5.73 Å². The van der Waals surface area contributed by atoms with Gasteiger partial charge in [-0.05, 0) is 37.3 Å². The van der Waals surface area contributed by atoms with Crippen LogP contribution in [0.15, 0.2) is 46.6 Å². The second kappa shape index (κ2) is 8.01. The number of benzene rings is 1. The molecule has 2 aromatic rings. The van der Waals surface area contributed by atoms with E-state index in [0.29, 0.717) is 28.4 Å². The first-order valence-corrected chi connectivity index (χ1v) is 7.37. The van der Waals surface area contributed by atoms with Gasteiger partial charge in [0.25, 0.3) is 0 Å². The van der Waals surface area contributed by atoms with Crippen molar-refractivity contribution in [2.75, 3.05) is 13.7 Å². The van der Waals surface area contributed by atoms with Crippen molar-refractivity contribution in [1.29, 1.82) is 0 Å². The van der Waals surface area contributed by atoms with Gasteiger partial charge in [-0.2, -0.15) is 0 Å². The second-order valence-corrected chi connectivity index (χ2v) is 5.07. The minimum absolute atomic E-state index is 0.117. The Bertz CT molecular complexity index is 747. The summed E-state index contributed by atoms with van der Waals surface area (Å²) < 4.78 is 16.0. The molecule has 0 aliphatic carbocycles. The Morgan fingerprint density at radius 1 is 1.29 bits per heavy atom. The number of hydrogen-bond donors (Lipinski definition) is 1. The fourth-order valence-electron chi connectivity index (χ4n) is 2.12. The van der Waals surface area contributed by atoms with Crippen molar-refractivity contribution in [2.45, 2.75) is 13.3 Å². The van der Waals surface area contributed by atoms with E-state index in [1.165, 1.54) is 20.3 Å². The molecule has 24 heavy (non-hydrogen) atoms. The van der Waals surface area contributed by atoms with Gasteiger partial charge in [0, 0.05) is 18.1 Å². The SMILES string of the molecule is COc1ccc(C(C)=O)c(OCCC(=Cc2ccco2)C(N)=O)c1. The number of hydrogen-bond acceptors (Lipinski definition) is 5. The number of rotatable bonds is 8. The molecule has 126 valence electrons. The van der Waals surface area contributed by atoms with E-state index in [-0.39, 0.29) is 18.8 Å². The molecule has 0 saturated carbocycles. The average molecular weight is 329 g/mol. The third-order valence-electron chi connectivity index (χ3n) is 3.37. The van der Waals surface area contributed by atoms with Gasteiger partial charge in [-0.3, -0.25) is 9.59 Å². The zero-order chi connectivity index (χ0) is 17.5. The van der Waals surface area contributed by atoms with Crippen LogP contribution in [0.2, 0.25) is 0 Å². The van der Waals surface area contributed by atoms with Crippen LogP contribution in [0.3, 0.4) is 0 Å². The molecule has 0 spiro atoms. The molecule has 0 bridgehead atoms. The number of furan rings is 1. The molecule has 0 aliphatic rings. The summed E-state index contributed by atoms with van der Waals surface area (Å²) >= 11 is 0. The highest BCUT2D eigenvalue weighted by molar-refractivity contribution is 5.97. The Morgan fingerprint density at radius 2 is 2.08 bits per heavy atom. The van der Waals surface area contributed by atoms with Gasteiger partial charge >= 0.3 is 0 Å². The third-order valence-corrected chi connectivity index (χ3v) is 3.37. The lowest BCUT2D eigenvalue weighted by Crippen LogP contribution is -2.16. The maximum Gasteiger partial charge on any atom is 0.244 e. The summed E-state index contributed by atoms with van der Waals surface area (Å²) in [6, 6.07) is 8.41. The molecule has 2 rings (SSSR count). The highest BCUT2D eigenvalue weighted by Gasteiger charge is 2.12. The molecule has 1 amide bonds. The summed E-state index contributed by atoms with van der Waals surface area (Å²) in [6.07, 6.45) is 3.37. The third kappa shape index (κ3) is 4.49. The number of primary amides is 1. The number of Topliss-reactive ketones (excluding diaryl/α,β-unsaturated/α-hetero) is 1. The summed E-state index contributed by atoms with van der Waals surface area (Å²) in [5, 5.41) is 0. The van der Waals surface area contributed by atoms with Gasteiger partial charge in [0.2, 0.25) is 5.91 Å². The standard InChI is InChI=1S/C18H19NO5/c1-12(20)16-6-5-14(22-2)11-17(16)24-9-7-13(18(19)21)10-15-4-3-8-23-15/h3-6,8,10-11H,7,9H2,1-2H3,(H2,19,21). The van der Waals surface area contributed by atoms with Crippen molar-refractivity contribution in [1.82, 2.24) is 0 Å². The van der Waals surface area contributed by atoms with Crippen LogP contribution in [0.5, 0.6) is 11.5 Å². The maximum atomic E-state index is 11.7. The van der Waals surface area contributed by atoms with Gasteiger partial charge in [0.1, 0.15) is 17.3 Å². The highest BCUT2D eigenvalue weighted by atomic mass is 16.5. The Kier molecular flexibility index (Phi) is 5.78. The van der Waals surface area contributed by atoms with Crippen LogP contribution in [0.1, 0.15) is 29.5 Å².